The third-order valence-electron chi connectivity index (χ3n) is 10.4. The van der Waals surface area contributed by atoms with E-state index in [1.54, 1.807) is 16.2 Å². The molecule has 0 aliphatic heterocycles. The van der Waals surface area contributed by atoms with Crippen molar-refractivity contribution < 1.29 is 4.42 Å². The van der Waals surface area contributed by atoms with Gasteiger partial charge in [0, 0.05) is 46.9 Å². The Hall–Kier alpha value is -7.05. The van der Waals surface area contributed by atoms with Crippen molar-refractivity contribution in [2.24, 2.45) is 14.1 Å². The smallest absolute Gasteiger partial charge is 0.328 e. The third kappa shape index (κ3) is 5.06. The predicted molar refractivity (Wildman–Crippen MR) is 216 cm³/mol. The van der Waals surface area contributed by atoms with Crippen LogP contribution in [0.25, 0.3) is 99.9 Å². The predicted octanol–water partition coefficient (Wildman–Crippen LogP) is 11.1. The van der Waals surface area contributed by atoms with Crippen LogP contribution in [0, 0.1) is 0 Å². The van der Waals surface area contributed by atoms with E-state index >= 15 is 0 Å². The van der Waals surface area contributed by atoms with Gasteiger partial charge in [-0.05, 0) is 64.0 Å². The number of aryl methyl sites for hydroxylation is 2. The molecule has 7 aromatic carbocycles. The van der Waals surface area contributed by atoms with Crippen molar-refractivity contribution in [3.05, 3.63) is 168 Å². The van der Waals surface area contributed by atoms with E-state index in [2.05, 4.69) is 121 Å². The Morgan fingerprint density at radius 2 is 1.15 bits per heavy atom. The van der Waals surface area contributed by atoms with Crippen LogP contribution in [0.1, 0.15) is 0 Å². The molecule has 0 radical (unpaired) electrons. The molecular weight excluding hydrogens is 653 g/mol. The molecule has 0 unspecified atom stereocenters. The summed E-state index contributed by atoms with van der Waals surface area (Å²) in [7, 11) is 3.62. The molecule has 3 heterocycles. The topological polar surface area (TPSA) is 65.8 Å². The lowest BCUT2D eigenvalue weighted by atomic mass is 9.95. The fourth-order valence-electron chi connectivity index (χ4n) is 7.60. The van der Waals surface area contributed by atoms with Gasteiger partial charge in [-0.1, -0.05) is 121 Å². The van der Waals surface area contributed by atoms with Crippen molar-refractivity contribution in [2.75, 3.05) is 0 Å². The summed E-state index contributed by atoms with van der Waals surface area (Å²) in [4.78, 5) is 22.8. The van der Waals surface area contributed by atoms with Gasteiger partial charge in [0.15, 0.2) is 5.82 Å². The van der Waals surface area contributed by atoms with Crippen molar-refractivity contribution in [2.45, 2.75) is 0 Å². The number of hydrogen-bond acceptors (Lipinski definition) is 4. The second-order valence-electron chi connectivity index (χ2n) is 13.5. The van der Waals surface area contributed by atoms with Crippen LogP contribution in [0.3, 0.4) is 0 Å². The maximum atomic E-state index is 12.5. The number of imidazole rings is 1. The van der Waals surface area contributed by atoms with E-state index in [-0.39, 0.29) is 5.69 Å². The summed E-state index contributed by atoms with van der Waals surface area (Å²) in [5, 5.41) is 4.46. The summed E-state index contributed by atoms with van der Waals surface area (Å²) < 4.78 is 9.80. The monoisotopic (exact) mass is 684 g/mol. The van der Waals surface area contributed by atoms with Crippen molar-refractivity contribution in [3.63, 3.8) is 0 Å². The van der Waals surface area contributed by atoms with Gasteiger partial charge in [-0.3, -0.25) is 9.13 Å². The minimum Gasteiger partial charge on any atom is -0.455 e. The largest absolute Gasteiger partial charge is 0.455 e. The third-order valence-corrected chi connectivity index (χ3v) is 10.4. The highest BCUT2D eigenvalue weighted by Gasteiger charge is 2.17. The minimum absolute atomic E-state index is 0.0351. The van der Waals surface area contributed by atoms with Crippen LogP contribution < -0.4 is 5.69 Å². The first-order chi connectivity index (χ1) is 26.0. The number of aromatic nitrogens is 4. The summed E-state index contributed by atoms with van der Waals surface area (Å²) in [5.41, 5.74) is 12.4. The van der Waals surface area contributed by atoms with Crippen LogP contribution in [-0.4, -0.2) is 19.1 Å². The molecule has 10 aromatic rings. The molecule has 0 spiro atoms. The Labute approximate surface area is 304 Å². The molecule has 0 aliphatic rings. The highest BCUT2D eigenvalue weighted by atomic mass is 16.3. The van der Waals surface area contributed by atoms with Gasteiger partial charge in [0.05, 0.1) is 22.4 Å². The van der Waals surface area contributed by atoms with Gasteiger partial charge in [-0.2, -0.15) is 0 Å². The van der Waals surface area contributed by atoms with E-state index in [0.717, 1.165) is 94.1 Å². The summed E-state index contributed by atoms with van der Waals surface area (Å²) in [6, 6.07) is 54.4. The van der Waals surface area contributed by atoms with Gasteiger partial charge < -0.3 is 4.42 Å². The van der Waals surface area contributed by atoms with Crippen molar-refractivity contribution >= 4 is 43.7 Å². The standard InChI is InChI=1S/C47H32N4O2/c1-50-42-24-21-33(27-43(42)51(2)47(50)52)29-16-18-31(19-17-29)40-28-41(49-46(48-40)32-11-4-3-5-12-32)37-15-9-8-13-35(37)34-22-25-44-39(26-34)38-23-20-30-10-6-7-14-36(30)45(38)53-44/h3-28H,1-2H3. The average Bonchev–Trinajstić information content (AvgIpc) is 3.71. The molecule has 0 bridgehead atoms. The van der Waals surface area contributed by atoms with Crippen LogP contribution in [0.4, 0.5) is 0 Å². The quantitative estimate of drug-likeness (QED) is 0.181. The lowest BCUT2D eigenvalue weighted by Crippen LogP contribution is -2.19. The molecule has 0 atom stereocenters. The van der Waals surface area contributed by atoms with E-state index < -0.39 is 0 Å². The number of benzene rings is 7. The zero-order valence-corrected chi connectivity index (χ0v) is 29.1. The summed E-state index contributed by atoms with van der Waals surface area (Å²) in [6.07, 6.45) is 0. The van der Waals surface area contributed by atoms with E-state index in [1.165, 1.54) is 0 Å². The Kier molecular flexibility index (Phi) is 6.98. The maximum absolute atomic E-state index is 12.5. The van der Waals surface area contributed by atoms with Crippen molar-refractivity contribution in [1.82, 2.24) is 19.1 Å². The normalized spacial score (nSPS) is 11.7. The molecule has 6 heteroatoms. The molecule has 0 saturated carbocycles. The molecule has 0 saturated heterocycles. The lowest BCUT2D eigenvalue weighted by Gasteiger charge is -2.13. The van der Waals surface area contributed by atoms with E-state index in [4.69, 9.17) is 14.4 Å². The summed E-state index contributed by atoms with van der Waals surface area (Å²) in [5.74, 6) is 0.663. The van der Waals surface area contributed by atoms with Crippen molar-refractivity contribution in [1.29, 1.82) is 0 Å². The van der Waals surface area contributed by atoms with E-state index in [0.29, 0.717) is 5.82 Å². The first-order valence-electron chi connectivity index (χ1n) is 17.6. The molecule has 53 heavy (non-hydrogen) atoms. The Balaban J connectivity index is 1.09. The number of nitrogens with zero attached hydrogens (tertiary/aromatic N) is 4. The molecule has 3 aromatic heterocycles. The molecule has 0 N–H and O–H groups in total. The van der Waals surface area contributed by atoms with Gasteiger partial charge in [-0.15, -0.1) is 0 Å². The van der Waals surface area contributed by atoms with Gasteiger partial charge in [0.25, 0.3) is 0 Å². The average molecular weight is 685 g/mol. The number of rotatable bonds is 5. The SMILES string of the molecule is Cn1c(=O)n(C)c2cc(-c3ccc(-c4cc(-c5ccccc5-c5ccc6oc7c8ccccc8ccc7c6c5)nc(-c5ccccc5)n4)cc3)ccc21. The highest BCUT2D eigenvalue weighted by molar-refractivity contribution is 6.15. The molecular formula is C47H32N4O2. The first kappa shape index (κ1) is 30.7. The number of fused-ring (bicyclic) bond motifs is 6. The molecule has 0 aliphatic carbocycles. The first-order valence-corrected chi connectivity index (χ1v) is 17.6. The van der Waals surface area contributed by atoms with Crippen LogP contribution in [0.5, 0.6) is 0 Å². The molecule has 6 nitrogen and oxygen atoms in total. The zero-order valence-electron chi connectivity index (χ0n) is 29.1. The fourth-order valence-corrected chi connectivity index (χ4v) is 7.60. The molecule has 252 valence electrons. The molecule has 0 amide bonds. The molecule has 0 fully saturated rings. The fraction of sp³-hybridized carbons (Fsp3) is 0.0426. The highest BCUT2D eigenvalue weighted by Crippen LogP contribution is 2.39. The Morgan fingerprint density at radius 1 is 0.472 bits per heavy atom. The van der Waals surface area contributed by atoms with Gasteiger partial charge in [0.1, 0.15) is 11.2 Å². The van der Waals surface area contributed by atoms with Crippen molar-refractivity contribution in [3.8, 4) is 56.2 Å². The van der Waals surface area contributed by atoms with Gasteiger partial charge >= 0.3 is 5.69 Å². The van der Waals surface area contributed by atoms with Gasteiger partial charge in [-0.25, -0.2) is 14.8 Å². The summed E-state index contributed by atoms with van der Waals surface area (Å²) in [6.45, 7) is 0. The second kappa shape index (κ2) is 12.0. The zero-order chi connectivity index (χ0) is 35.6. The maximum Gasteiger partial charge on any atom is 0.328 e. The van der Waals surface area contributed by atoms with E-state index in [9.17, 15) is 4.79 Å². The van der Waals surface area contributed by atoms with E-state index in [1.807, 2.05) is 43.4 Å². The number of hydrogen-bond donors (Lipinski definition) is 0. The Bertz CT molecular complexity index is 3100. The lowest BCUT2D eigenvalue weighted by molar-refractivity contribution is 0.672. The van der Waals surface area contributed by atoms with Crippen LogP contribution in [0.2, 0.25) is 0 Å². The second-order valence-corrected chi connectivity index (χ2v) is 13.5. The van der Waals surface area contributed by atoms with Crippen LogP contribution in [0.15, 0.2) is 167 Å². The molecule has 10 rings (SSSR count). The number of furan rings is 1. The summed E-state index contributed by atoms with van der Waals surface area (Å²) >= 11 is 0. The minimum atomic E-state index is -0.0351. The Morgan fingerprint density at radius 3 is 2.00 bits per heavy atom. The van der Waals surface area contributed by atoms with Crippen LogP contribution in [-0.2, 0) is 14.1 Å². The van der Waals surface area contributed by atoms with Crippen LogP contribution >= 0.6 is 0 Å². The van der Waals surface area contributed by atoms with Gasteiger partial charge in [0.2, 0.25) is 0 Å².